The second-order valence-corrected chi connectivity index (χ2v) is 5.67. The van der Waals surface area contributed by atoms with Gasteiger partial charge in [-0.2, -0.15) is 0 Å². The monoisotopic (exact) mass is 292 g/mol. The standard InChI is InChI=1S/C15H17ClN2O2/c1-2-20-10-5-9(6-10)7-13(19)11-8-18-15-14(11)12(16)3-4-17-15/h3-4,8-10H,2,5-7H2,1H3,(H,17,18). The summed E-state index contributed by atoms with van der Waals surface area (Å²) in [5.74, 6) is 0.561. The summed E-state index contributed by atoms with van der Waals surface area (Å²) >= 11 is 6.16. The molecule has 0 spiro atoms. The molecule has 1 fully saturated rings. The molecule has 0 aliphatic heterocycles. The zero-order valence-corrected chi connectivity index (χ0v) is 12.1. The van der Waals surface area contributed by atoms with E-state index in [1.807, 2.05) is 6.92 Å². The zero-order valence-electron chi connectivity index (χ0n) is 11.4. The first-order chi connectivity index (χ1) is 9.69. The van der Waals surface area contributed by atoms with Gasteiger partial charge in [0.1, 0.15) is 5.65 Å². The largest absolute Gasteiger partial charge is 0.378 e. The molecule has 0 radical (unpaired) electrons. The minimum absolute atomic E-state index is 0.131. The number of Topliss-reactive ketones (excluding diaryl/α,β-unsaturated/α-hetero) is 1. The molecule has 2 aromatic heterocycles. The predicted octanol–water partition coefficient (Wildman–Crippen LogP) is 3.60. The summed E-state index contributed by atoms with van der Waals surface area (Å²) in [7, 11) is 0. The van der Waals surface area contributed by atoms with Crippen LogP contribution in [0, 0.1) is 5.92 Å². The number of fused-ring (bicyclic) bond motifs is 1. The molecule has 3 rings (SSSR count). The van der Waals surface area contributed by atoms with Crippen LogP contribution in [0.3, 0.4) is 0 Å². The highest BCUT2D eigenvalue weighted by Crippen LogP contribution is 2.35. The maximum atomic E-state index is 12.4. The van der Waals surface area contributed by atoms with Gasteiger partial charge in [-0.05, 0) is 31.7 Å². The molecule has 1 aliphatic rings. The molecule has 0 saturated heterocycles. The Morgan fingerprint density at radius 3 is 3.10 bits per heavy atom. The van der Waals surface area contributed by atoms with Gasteiger partial charge in [-0.25, -0.2) is 4.98 Å². The van der Waals surface area contributed by atoms with E-state index in [0.717, 1.165) is 24.8 Å². The predicted molar refractivity (Wildman–Crippen MR) is 78.2 cm³/mol. The van der Waals surface area contributed by atoms with Crippen LogP contribution >= 0.6 is 11.6 Å². The third-order valence-electron chi connectivity index (χ3n) is 3.89. The quantitative estimate of drug-likeness (QED) is 0.857. The van der Waals surface area contributed by atoms with Crippen molar-refractivity contribution in [2.75, 3.05) is 6.61 Å². The number of pyridine rings is 1. The van der Waals surface area contributed by atoms with Gasteiger partial charge >= 0.3 is 0 Å². The van der Waals surface area contributed by atoms with Crippen LogP contribution in [0.4, 0.5) is 0 Å². The van der Waals surface area contributed by atoms with Crippen molar-refractivity contribution in [1.82, 2.24) is 9.97 Å². The van der Waals surface area contributed by atoms with Crippen LogP contribution in [0.25, 0.3) is 11.0 Å². The summed E-state index contributed by atoms with van der Waals surface area (Å²) in [6, 6.07) is 1.71. The Bertz CT molecular complexity index is 632. The Morgan fingerprint density at radius 2 is 2.35 bits per heavy atom. The Hall–Kier alpha value is -1.39. The van der Waals surface area contributed by atoms with Gasteiger partial charge in [0.25, 0.3) is 0 Å². The van der Waals surface area contributed by atoms with Gasteiger partial charge in [0.05, 0.1) is 11.1 Å². The van der Waals surface area contributed by atoms with Crippen LogP contribution < -0.4 is 0 Å². The van der Waals surface area contributed by atoms with Crippen molar-refractivity contribution >= 4 is 28.4 Å². The lowest BCUT2D eigenvalue weighted by Crippen LogP contribution is -2.32. The van der Waals surface area contributed by atoms with E-state index in [1.54, 1.807) is 18.5 Å². The van der Waals surface area contributed by atoms with Crippen molar-refractivity contribution in [2.24, 2.45) is 5.92 Å². The molecule has 106 valence electrons. The number of aromatic amines is 1. The number of nitrogens with zero attached hydrogens (tertiary/aromatic N) is 1. The minimum Gasteiger partial charge on any atom is -0.378 e. The third kappa shape index (κ3) is 2.45. The normalized spacial score (nSPS) is 21.9. The lowest BCUT2D eigenvalue weighted by atomic mass is 9.78. The molecular formula is C15H17ClN2O2. The van der Waals surface area contributed by atoms with Gasteiger partial charge in [-0.3, -0.25) is 4.79 Å². The molecule has 20 heavy (non-hydrogen) atoms. The number of carbonyl (C=O) groups is 1. The topological polar surface area (TPSA) is 55.0 Å². The van der Waals surface area contributed by atoms with Crippen LogP contribution in [0.2, 0.25) is 5.02 Å². The highest BCUT2D eigenvalue weighted by atomic mass is 35.5. The van der Waals surface area contributed by atoms with Gasteiger partial charge in [0.15, 0.2) is 5.78 Å². The molecule has 2 heterocycles. The first-order valence-electron chi connectivity index (χ1n) is 6.95. The van der Waals surface area contributed by atoms with Crippen molar-refractivity contribution in [3.8, 4) is 0 Å². The number of hydrogen-bond acceptors (Lipinski definition) is 3. The summed E-state index contributed by atoms with van der Waals surface area (Å²) in [4.78, 5) is 19.6. The molecule has 4 nitrogen and oxygen atoms in total. The first kappa shape index (κ1) is 13.6. The molecular weight excluding hydrogens is 276 g/mol. The third-order valence-corrected chi connectivity index (χ3v) is 4.21. The number of H-pyrrole nitrogens is 1. The Labute approximate surface area is 122 Å². The molecule has 0 amide bonds. The average Bonchev–Trinajstić information content (AvgIpc) is 2.81. The number of carbonyl (C=O) groups excluding carboxylic acids is 1. The highest BCUT2D eigenvalue weighted by molar-refractivity contribution is 6.36. The molecule has 2 aromatic rings. The Kier molecular flexibility index (Phi) is 3.76. The lowest BCUT2D eigenvalue weighted by molar-refractivity contribution is -0.0245. The molecule has 5 heteroatoms. The number of ether oxygens (including phenoxy) is 1. The van der Waals surface area contributed by atoms with E-state index in [0.29, 0.717) is 34.7 Å². The maximum absolute atomic E-state index is 12.4. The minimum atomic E-state index is 0.131. The second-order valence-electron chi connectivity index (χ2n) is 5.26. The number of aromatic nitrogens is 2. The molecule has 0 unspecified atom stereocenters. The van der Waals surface area contributed by atoms with Crippen LogP contribution in [0.1, 0.15) is 36.5 Å². The molecule has 0 aromatic carbocycles. The summed E-state index contributed by atoms with van der Waals surface area (Å²) in [5, 5.41) is 1.31. The highest BCUT2D eigenvalue weighted by Gasteiger charge is 2.31. The van der Waals surface area contributed by atoms with E-state index in [4.69, 9.17) is 16.3 Å². The Morgan fingerprint density at radius 1 is 1.55 bits per heavy atom. The van der Waals surface area contributed by atoms with Crippen LogP contribution in [0.5, 0.6) is 0 Å². The van der Waals surface area contributed by atoms with Crippen molar-refractivity contribution in [1.29, 1.82) is 0 Å². The van der Waals surface area contributed by atoms with Crippen molar-refractivity contribution < 1.29 is 9.53 Å². The number of ketones is 1. The summed E-state index contributed by atoms with van der Waals surface area (Å²) in [5.41, 5.74) is 1.32. The molecule has 0 atom stereocenters. The van der Waals surface area contributed by atoms with Gasteiger partial charge in [0, 0.05) is 36.4 Å². The van der Waals surface area contributed by atoms with E-state index in [9.17, 15) is 4.79 Å². The van der Waals surface area contributed by atoms with Crippen molar-refractivity contribution in [3.63, 3.8) is 0 Å². The molecule has 1 aliphatic carbocycles. The van der Waals surface area contributed by atoms with E-state index in [2.05, 4.69) is 9.97 Å². The average molecular weight is 293 g/mol. The maximum Gasteiger partial charge on any atom is 0.165 e. The van der Waals surface area contributed by atoms with Crippen molar-refractivity contribution in [2.45, 2.75) is 32.3 Å². The number of hydrogen-bond donors (Lipinski definition) is 1. The SMILES string of the molecule is CCOC1CC(CC(=O)c2c[nH]c3nccc(Cl)c23)C1. The van der Waals surface area contributed by atoms with E-state index >= 15 is 0 Å². The summed E-state index contributed by atoms with van der Waals surface area (Å²) < 4.78 is 5.52. The fourth-order valence-corrected chi connectivity index (χ4v) is 3.07. The summed E-state index contributed by atoms with van der Waals surface area (Å²) in [6.45, 7) is 2.74. The van der Waals surface area contributed by atoms with Gasteiger partial charge < -0.3 is 9.72 Å². The van der Waals surface area contributed by atoms with E-state index in [1.165, 1.54) is 0 Å². The van der Waals surface area contributed by atoms with E-state index < -0.39 is 0 Å². The van der Waals surface area contributed by atoms with Crippen LogP contribution in [-0.4, -0.2) is 28.5 Å². The fourth-order valence-electron chi connectivity index (χ4n) is 2.82. The van der Waals surface area contributed by atoms with Gasteiger partial charge in [-0.1, -0.05) is 11.6 Å². The molecule has 0 bridgehead atoms. The lowest BCUT2D eigenvalue weighted by Gasteiger charge is -2.34. The summed E-state index contributed by atoms with van der Waals surface area (Å²) in [6.07, 6.45) is 6.20. The van der Waals surface area contributed by atoms with Crippen LogP contribution in [0.15, 0.2) is 18.5 Å². The molecule has 1 N–H and O–H groups in total. The number of rotatable bonds is 5. The molecule has 1 saturated carbocycles. The number of nitrogens with one attached hydrogen (secondary N) is 1. The van der Waals surface area contributed by atoms with Gasteiger partial charge in [0.2, 0.25) is 0 Å². The zero-order chi connectivity index (χ0) is 14.1. The first-order valence-corrected chi connectivity index (χ1v) is 7.33. The van der Waals surface area contributed by atoms with E-state index in [-0.39, 0.29) is 5.78 Å². The van der Waals surface area contributed by atoms with Crippen molar-refractivity contribution in [3.05, 3.63) is 29.0 Å². The van der Waals surface area contributed by atoms with Crippen LogP contribution in [-0.2, 0) is 4.74 Å². The smallest absolute Gasteiger partial charge is 0.165 e. The second kappa shape index (κ2) is 5.54. The Balaban J connectivity index is 1.71. The van der Waals surface area contributed by atoms with Gasteiger partial charge in [-0.15, -0.1) is 0 Å². The number of halogens is 1. The fraction of sp³-hybridized carbons (Fsp3) is 0.467.